The van der Waals surface area contributed by atoms with Crippen molar-refractivity contribution in [1.29, 1.82) is 0 Å². The van der Waals surface area contributed by atoms with E-state index in [0.29, 0.717) is 37.4 Å². The van der Waals surface area contributed by atoms with Crippen LogP contribution in [0.4, 0.5) is 22.7 Å². The quantitative estimate of drug-likeness (QED) is 0.276. The van der Waals surface area contributed by atoms with Crippen molar-refractivity contribution in [2.24, 2.45) is 0 Å². The molecular formula is C29H32ClN5O5. The van der Waals surface area contributed by atoms with Crippen LogP contribution in [0.25, 0.3) is 0 Å². The molecule has 210 valence electrons. The Kier molecular flexibility index (Phi) is 9.11. The summed E-state index contributed by atoms with van der Waals surface area (Å²) in [5.41, 5.74) is 2.45. The van der Waals surface area contributed by atoms with E-state index in [1.807, 2.05) is 44.2 Å². The number of methoxy groups -OCH3 is 1. The van der Waals surface area contributed by atoms with Gasteiger partial charge in [-0.05, 0) is 56.3 Å². The molecule has 0 spiro atoms. The molecule has 40 heavy (non-hydrogen) atoms. The van der Waals surface area contributed by atoms with Gasteiger partial charge in [-0.2, -0.15) is 0 Å². The smallest absolute Gasteiger partial charge is 0.288 e. The van der Waals surface area contributed by atoms with Crippen LogP contribution in [0.1, 0.15) is 34.6 Å². The Hall–Kier alpha value is -4.31. The molecule has 4 rings (SSSR count). The monoisotopic (exact) mass is 565 g/mol. The Morgan fingerprint density at radius 1 is 0.975 bits per heavy atom. The Bertz CT molecular complexity index is 1400. The highest BCUT2D eigenvalue weighted by atomic mass is 35.5. The maximum atomic E-state index is 13.6. The predicted octanol–water partition coefficient (Wildman–Crippen LogP) is 5.32. The van der Waals surface area contributed by atoms with Gasteiger partial charge >= 0.3 is 0 Å². The fourth-order valence-corrected chi connectivity index (χ4v) is 5.00. The number of para-hydroxylation sites is 2. The van der Waals surface area contributed by atoms with Gasteiger partial charge in [-0.15, -0.1) is 0 Å². The maximum absolute atomic E-state index is 13.6. The molecule has 1 N–H and O–H groups in total. The van der Waals surface area contributed by atoms with Crippen molar-refractivity contribution in [2.45, 2.75) is 13.8 Å². The molecule has 0 atom stereocenters. The molecule has 1 fully saturated rings. The third-order valence-corrected chi connectivity index (χ3v) is 7.31. The number of rotatable bonds is 9. The summed E-state index contributed by atoms with van der Waals surface area (Å²) in [6.07, 6.45) is 0. The second-order valence-electron chi connectivity index (χ2n) is 9.23. The van der Waals surface area contributed by atoms with Crippen molar-refractivity contribution in [1.82, 2.24) is 4.90 Å². The van der Waals surface area contributed by atoms with E-state index in [9.17, 15) is 19.7 Å². The van der Waals surface area contributed by atoms with E-state index in [-0.39, 0.29) is 22.2 Å². The number of hydrogen-bond acceptors (Lipinski definition) is 7. The van der Waals surface area contributed by atoms with Crippen molar-refractivity contribution in [2.75, 3.05) is 61.5 Å². The van der Waals surface area contributed by atoms with E-state index in [2.05, 4.69) is 15.1 Å². The summed E-state index contributed by atoms with van der Waals surface area (Å²) in [5.74, 6) is 0.143. The Morgan fingerprint density at radius 2 is 1.62 bits per heavy atom. The first kappa shape index (κ1) is 28.7. The number of ether oxygens (including phenoxy) is 1. The third-order valence-electron chi connectivity index (χ3n) is 6.99. The number of amides is 2. The zero-order valence-corrected chi connectivity index (χ0v) is 23.5. The topological polar surface area (TPSA) is 108 Å². The standard InChI is InChI=1S/C29H32ClN5O5/c1-4-32(5-2)29(37)22-19-21(31-28(36)20-10-12-23(30)26(18-20)35(38)39)11-13-24(22)33-14-16-34(17-15-33)25-8-6-7-9-27(25)40-3/h6-13,18-19H,4-5,14-17H2,1-3H3,(H,31,36). The summed E-state index contributed by atoms with van der Waals surface area (Å²) in [5, 5.41) is 14.0. The van der Waals surface area contributed by atoms with Crippen LogP contribution >= 0.6 is 11.6 Å². The number of carbonyl (C=O) groups is 2. The summed E-state index contributed by atoms with van der Waals surface area (Å²) < 4.78 is 5.53. The molecule has 1 saturated heterocycles. The van der Waals surface area contributed by atoms with Gasteiger partial charge in [0.15, 0.2) is 0 Å². The average molecular weight is 566 g/mol. The van der Waals surface area contributed by atoms with Crippen LogP contribution in [0.5, 0.6) is 5.75 Å². The van der Waals surface area contributed by atoms with Gasteiger partial charge in [-0.25, -0.2) is 0 Å². The van der Waals surface area contributed by atoms with E-state index in [1.54, 1.807) is 24.1 Å². The lowest BCUT2D eigenvalue weighted by molar-refractivity contribution is -0.384. The number of nitrogens with one attached hydrogen (secondary N) is 1. The van der Waals surface area contributed by atoms with Crippen molar-refractivity contribution in [3.05, 3.63) is 86.9 Å². The number of nitro groups is 1. The summed E-state index contributed by atoms with van der Waals surface area (Å²) in [7, 11) is 1.66. The van der Waals surface area contributed by atoms with Gasteiger partial charge in [0.2, 0.25) is 0 Å². The molecule has 10 nitrogen and oxygen atoms in total. The summed E-state index contributed by atoms with van der Waals surface area (Å²) in [4.78, 5) is 43.3. The van der Waals surface area contributed by atoms with E-state index in [0.717, 1.165) is 36.3 Å². The van der Waals surface area contributed by atoms with E-state index in [4.69, 9.17) is 16.3 Å². The molecule has 0 bridgehead atoms. The van der Waals surface area contributed by atoms with Crippen LogP contribution in [0.2, 0.25) is 5.02 Å². The SMILES string of the molecule is CCN(CC)C(=O)c1cc(NC(=O)c2ccc(Cl)c([N+](=O)[O-])c2)ccc1N1CCN(c2ccccc2OC)CC1. The van der Waals surface area contributed by atoms with Crippen LogP contribution < -0.4 is 19.9 Å². The highest BCUT2D eigenvalue weighted by Crippen LogP contribution is 2.32. The molecule has 0 aliphatic carbocycles. The Morgan fingerprint density at radius 3 is 2.25 bits per heavy atom. The molecule has 0 unspecified atom stereocenters. The zero-order chi connectivity index (χ0) is 28.8. The zero-order valence-electron chi connectivity index (χ0n) is 22.7. The predicted molar refractivity (Wildman–Crippen MR) is 157 cm³/mol. The maximum Gasteiger partial charge on any atom is 0.288 e. The molecule has 1 aliphatic rings. The molecule has 0 radical (unpaired) electrons. The van der Waals surface area contributed by atoms with Gasteiger partial charge in [0, 0.05) is 62.3 Å². The number of benzene rings is 3. The molecule has 0 aromatic heterocycles. The summed E-state index contributed by atoms with van der Waals surface area (Å²) >= 11 is 5.89. The van der Waals surface area contributed by atoms with Crippen LogP contribution in [0.15, 0.2) is 60.7 Å². The normalized spacial score (nSPS) is 13.1. The van der Waals surface area contributed by atoms with E-state index < -0.39 is 10.8 Å². The largest absolute Gasteiger partial charge is 0.495 e. The lowest BCUT2D eigenvalue weighted by Crippen LogP contribution is -2.47. The van der Waals surface area contributed by atoms with Crippen LogP contribution in [-0.4, -0.2) is 68.0 Å². The van der Waals surface area contributed by atoms with Gasteiger partial charge in [-0.1, -0.05) is 23.7 Å². The first-order chi connectivity index (χ1) is 19.3. The first-order valence-electron chi connectivity index (χ1n) is 13.1. The molecule has 0 saturated carbocycles. The first-order valence-corrected chi connectivity index (χ1v) is 13.5. The minimum atomic E-state index is -0.637. The molecule has 3 aromatic rings. The van der Waals surface area contributed by atoms with Crippen molar-refractivity contribution < 1.29 is 19.2 Å². The molecule has 1 aliphatic heterocycles. The fourth-order valence-electron chi connectivity index (χ4n) is 4.82. The van der Waals surface area contributed by atoms with Crippen molar-refractivity contribution in [3.63, 3.8) is 0 Å². The lowest BCUT2D eigenvalue weighted by Gasteiger charge is -2.38. The molecule has 1 heterocycles. The number of anilines is 3. The van der Waals surface area contributed by atoms with Gasteiger partial charge in [-0.3, -0.25) is 19.7 Å². The van der Waals surface area contributed by atoms with Crippen LogP contribution in [0.3, 0.4) is 0 Å². The average Bonchev–Trinajstić information content (AvgIpc) is 2.97. The highest BCUT2D eigenvalue weighted by molar-refractivity contribution is 6.32. The summed E-state index contributed by atoms with van der Waals surface area (Å²) in [6.45, 7) is 7.80. The molecule has 11 heteroatoms. The van der Waals surface area contributed by atoms with Crippen molar-refractivity contribution >= 4 is 46.2 Å². The van der Waals surface area contributed by atoms with Gasteiger partial charge < -0.3 is 24.8 Å². The number of halogens is 1. The lowest BCUT2D eigenvalue weighted by atomic mass is 10.1. The van der Waals surface area contributed by atoms with E-state index >= 15 is 0 Å². The Balaban J connectivity index is 1.59. The summed E-state index contributed by atoms with van der Waals surface area (Å²) in [6, 6.07) is 17.0. The van der Waals surface area contributed by atoms with Crippen LogP contribution in [-0.2, 0) is 0 Å². The Labute approximate surface area is 238 Å². The minimum absolute atomic E-state index is 0.0520. The second-order valence-corrected chi connectivity index (χ2v) is 9.64. The van der Waals surface area contributed by atoms with Crippen molar-refractivity contribution in [3.8, 4) is 5.75 Å². The molecule has 2 amide bonds. The number of carbonyl (C=O) groups excluding carboxylic acids is 2. The van der Waals surface area contributed by atoms with Gasteiger partial charge in [0.25, 0.3) is 17.5 Å². The third kappa shape index (κ3) is 6.12. The number of piperazine rings is 1. The number of nitrogens with zero attached hydrogens (tertiary/aromatic N) is 4. The number of nitro benzene ring substituents is 1. The minimum Gasteiger partial charge on any atom is -0.495 e. The van der Waals surface area contributed by atoms with Crippen LogP contribution in [0, 0.1) is 10.1 Å². The van der Waals surface area contributed by atoms with E-state index in [1.165, 1.54) is 12.1 Å². The van der Waals surface area contributed by atoms with Gasteiger partial charge in [0.1, 0.15) is 10.8 Å². The second kappa shape index (κ2) is 12.7. The highest BCUT2D eigenvalue weighted by Gasteiger charge is 2.25. The fraction of sp³-hybridized carbons (Fsp3) is 0.310. The molecule has 3 aromatic carbocycles. The van der Waals surface area contributed by atoms with Gasteiger partial charge in [0.05, 0.1) is 23.3 Å². The number of hydrogen-bond donors (Lipinski definition) is 1. The molecular weight excluding hydrogens is 534 g/mol.